The van der Waals surface area contributed by atoms with Gasteiger partial charge in [-0.2, -0.15) is 4.98 Å². The highest BCUT2D eigenvalue weighted by atomic mass is 16.2. The first-order valence-electron chi connectivity index (χ1n) is 11.9. The molecule has 0 aliphatic carbocycles. The van der Waals surface area contributed by atoms with E-state index in [9.17, 15) is 9.59 Å². The van der Waals surface area contributed by atoms with E-state index in [0.717, 1.165) is 34.1 Å². The van der Waals surface area contributed by atoms with Crippen molar-refractivity contribution >= 4 is 33.6 Å². The molecule has 0 saturated heterocycles. The number of hydrogen-bond acceptors (Lipinski definition) is 4. The zero-order chi connectivity index (χ0) is 24.3. The first-order valence-corrected chi connectivity index (χ1v) is 11.9. The lowest BCUT2D eigenvalue weighted by molar-refractivity contribution is 0.458. The van der Waals surface area contributed by atoms with Crippen LogP contribution in [0.5, 0.6) is 0 Å². The molecule has 7 heteroatoms. The van der Waals surface area contributed by atoms with Crippen LogP contribution in [0, 0.1) is 12.8 Å². The lowest BCUT2D eigenvalue weighted by atomic mass is 10.0. The Morgan fingerprint density at radius 1 is 0.971 bits per heavy atom. The SMILES string of the molecule is Cc1cccc(N2C[C@@H](C)Cn3c2nc2c3c(=O)n(Cc3cccc4ccccc34)c(=O)n2C)c1. The molecule has 3 heterocycles. The average Bonchev–Trinajstić information content (AvgIpc) is 3.24. The van der Waals surface area contributed by atoms with Crippen LogP contribution >= 0.6 is 0 Å². The number of nitrogens with zero attached hydrogens (tertiary/aromatic N) is 5. The minimum absolute atomic E-state index is 0.209. The van der Waals surface area contributed by atoms with Crippen molar-refractivity contribution in [1.82, 2.24) is 18.7 Å². The van der Waals surface area contributed by atoms with Gasteiger partial charge in [-0.3, -0.25) is 13.9 Å². The Bertz CT molecular complexity index is 1720. The van der Waals surface area contributed by atoms with E-state index in [1.165, 1.54) is 9.13 Å². The molecule has 1 aliphatic rings. The Kier molecular flexibility index (Phi) is 4.88. The highest BCUT2D eigenvalue weighted by Crippen LogP contribution is 2.33. The van der Waals surface area contributed by atoms with Crippen LogP contribution < -0.4 is 16.1 Å². The molecular formula is C28H27N5O2. The van der Waals surface area contributed by atoms with Gasteiger partial charge >= 0.3 is 5.69 Å². The molecule has 3 aromatic carbocycles. The first kappa shape index (κ1) is 21.4. The number of rotatable bonds is 3. The summed E-state index contributed by atoms with van der Waals surface area (Å²) >= 11 is 0. The minimum atomic E-state index is -0.360. The molecule has 0 saturated carbocycles. The number of aromatic nitrogens is 4. The molecule has 0 N–H and O–H groups in total. The summed E-state index contributed by atoms with van der Waals surface area (Å²) in [6, 6.07) is 22.3. The molecule has 0 fully saturated rings. The predicted octanol–water partition coefficient (Wildman–Crippen LogP) is 4.19. The summed E-state index contributed by atoms with van der Waals surface area (Å²) in [7, 11) is 1.70. The van der Waals surface area contributed by atoms with Crippen LogP contribution in [0.15, 0.2) is 76.3 Å². The van der Waals surface area contributed by atoms with Crippen LogP contribution in [0.2, 0.25) is 0 Å². The van der Waals surface area contributed by atoms with Gasteiger partial charge < -0.3 is 9.47 Å². The Labute approximate surface area is 202 Å². The Morgan fingerprint density at radius 3 is 2.57 bits per heavy atom. The van der Waals surface area contributed by atoms with Crippen LogP contribution in [-0.2, 0) is 20.1 Å². The van der Waals surface area contributed by atoms with Gasteiger partial charge in [0, 0.05) is 25.8 Å². The van der Waals surface area contributed by atoms with E-state index in [-0.39, 0.29) is 17.8 Å². The smallest absolute Gasteiger partial charge is 0.312 e. The molecule has 5 aromatic rings. The number of imidazole rings is 1. The molecule has 0 unspecified atom stereocenters. The maximum Gasteiger partial charge on any atom is 0.332 e. The van der Waals surface area contributed by atoms with Gasteiger partial charge in [-0.1, -0.05) is 61.5 Å². The summed E-state index contributed by atoms with van der Waals surface area (Å²) in [4.78, 5) is 34.2. The quantitative estimate of drug-likeness (QED) is 0.401. The van der Waals surface area contributed by atoms with Gasteiger partial charge in [-0.15, -0.1) is 0 Å². The number of hydrogen-bond donors (Lipinski definition) is 0. The molecule has 0 amide bonds. The summed E-state index contributed by atoms with van der Waals surface area (Å²) in [6.45, 7) is 5.92. The first-order chi connectivity index (χ1) is 16.9. The summed E-state index contributed by atoms with van der Waals surface area (Å²) in [6.07, 6.45) is 0. The van der Waals surface area contributed by atoms with Gasteiger partial charge in [0.05, 0.1) is 6.54 Å². The molecule has 6 rings (SSSR count). The van der Waals surface area contributed by atoms with Crippen LogP contribution in [-0.4, -0.2) is 25.2 Å². The van der Waals surface area contributed by atoms with Gasteiger partial charge in [0.1, 0.15) is 0 Å². The van der Waals surface area contributed by atoms with Crippen molar-refractivity contribution in [3.63, 3.8) is 0 Å². The highest BCUT2D eigenvalue weighted by Gasteiger charge is 2.30. The fourth-order valence-corrected chi connectivity index (χ4v) is 5.26. The molecule has 7 nitrogen and oxygen atoms in total. The third-order valence-electron chi connectivity index (χ3n) is 6.96. The van der Waals surface area contributed by atoms with Gasteiger partial charge in [0.2, 0.25) is 5.95 Å². The van der Waals surface area contributed by atoms with E-state index < -0.39 is 0 Å². The van der Waals surface area contributed by atoms with E-state index in [4.69, 9.17) is 4.98 Å². The fourth-order valence-electron chi connectivity index (χ4n) is 5.26. The monoisotopic (exact) mass is 465 g/mol. The van der Waals surface area contributed by atoms with E-state index >= 15 is 0 Å². The molecule has 1 aliphatic heterocycles. The van der Waals surface area contributed by atoms with Crippen molar-refractivity contribution in [2.45, 2.75) is 26.9 Å². The minimum Gasteiger partial charge on any atom is -0.312 e. The van der Waals surface area contributed by atoms with Crippen molar-refractivity contribution in [2.24, 2.45) is 13.0 Å². The van der Waals surface area contributed by atoms with Crippen LogP contribution in [0.4, 0.5) is 11.6 Å². The number of benzene rings is 3. The van der Waals surface area contributed by atoms with Gasteiger partial charge in [-0.25, -0.2) is 4.79 Å². The second-order valence-electron chi connectivity index (χ2n) is 9.62. The second kappa shape index (κ2) is 7.98. The zero-order valence-corrected chi connectivity index (χ0v) is 20.1. The number of anilines is 2. The molecule has 35 heavy (non-hydrogen) atoms. The summed E-state index contributed by atoms with van der Waals surface area (Å²) in [5.41, 5.74) is 3.38. The zero-order valence-electron chi connectivity index (χ0n) is 20.1. The molecule has 2 aromatic heterocycles. The third-order valence-corrected chi connectivity index (χ3v) is 6.96. The Morgan fingerprint density at radius 2 is 1.74 bits per heavy atom. The summed E-state index contributed by atoms with van der Waals surface area (Å²) < 4.78 is 4.84. The van der Waals surface area contributed by atoms with Crippen molar-refractivity contribution in [1.29, 1.82) is 0 Å². The molecule has 0 bridgehead atoms. The van der Waals surface area contributed by atoms with E-state index in [2.05, 4.69) is 36.9 Å². The van der Waals surface area contributed by atoms with Crippen LogP contribution in [0.3, 0.4) is 0 Å². The van der Waals surface area contributed by atoms with E-state index in [1.54, 1.807) is 7.05 Å². The molecule has 0 radical (unpaired) electrons. The molecule has 176 valence electrons. The van der Waals surface area contributed by atoms with Crippen LogP contribution in [0.1, 0.15) is 18.1 Å². The number of fused-ring (bicyclic) bond motifs is 4. The van der Waals surface area contributed by atoms with E-state index in [0.29, 0.717) is 29.6 Å². The van der Waals surface area contributed by atoms with Gasteiger partial charge in [0.15, 0.2) is 11.2 Å². The van der Waals surface area contributed by atoms with Gasteiger partial charge in [0.25, 0.3) is 5.56 Å². The topological polar surface area (TPSA) is 65.1 Å². The second-order valence-corrected chi connectivity index (χ2v) is 9.62. The molecule has 1 atom stereocenters. The lowest BCUT2D eigenvalue weighted by Crippen LogP contribution is -2.40. The van der Waals surface area contributed by atoms with Gasteiger partial charge in [-0.05, 0) is 46.9 Å². The molecule has 0 spiro atoms. The Hall–Kier alpha value is -4.13. The maximum absolute atomic E-state index is 13.8. The highest BCUT2D eigenvalue weighted by molar-refractivity contribution is 5.85. The fraction of sp³-hybridized carbons (Fsp3) is 0.250. The lowest BCUT2D eigenvalue weighted by Gasteiger charge is -2.33. The van der Waals surface area contributed by atoms with Crippen LogP contribution in [0.25, 0.3) is 21.9 Å². The predicted molar refractivity (Wildman–Crippen MR) is 140 cm³/mol. The summed E-state index contributed by atoms with van der Waals surface area (Å²) in [5, 5.41) is 2.12. The standard InChI is InChI=1S/C28H27N5O2/c1-18-8-6-12-22(14-18)31-15-19(2)16-32-24-25(29-27(31)32)30(3)28(35)33(26(24)34)17-21-11-7-10-20-9-4-5-13-23(20)21/h4-14,19H,15-17H2,1-3H3/t19-/m1/s1. The maximum atomic E-state index is 13.8. The van der Waals surface area contributed by atoms with Crippen molar-refractivity contribution in [3.05, 3.63) is 98.7 Å². The average molecular weight is 466 g/mol. The molecular weight excluding hydrogens is 438 g/mol. The largest absolute Gasteiger partial charge is 0.332 e. The van der Waals surface area contributed by atoms with Crippen molar-refractivity contribution < 1.29 is 0 Å². The normalized spacial score (nSPS) is 15.6. The summed E-state index contributed by atoms with van der Waals surface area (Å²) in [5.74, 6) is 1.02. The third kappa shape index (κ3) is 3.38. The number of aryl methyl sites for hydroxylation is 2. The van der Waals surface area contributed by atoms with E-state index in [1.807, 2.05) is 53.1 Å². The van der Waals surface area contributed by atoms with Crippen molar-refractivity contribution in [3.8, 4) is 0 Å². The van der Waals surface area contributed by atoms with Crippen molar-refractivity contribution in [2.75, 3.05) is 11.4 Å². The Balaban J connectivity index is 1.56.